The maximum Gasteiger partial charge on any atom is 0.262 e. The van der Waals surface area contributed by atoms with Crippen LogP contribution < -0.4 is 19.7 Å². The molecule has 1 N–H and O–H groups in total. The summed E-state index contributed by atoms with van der Waals surface area (Å²) in [5.41, 5.74) is 2.34. The maximum atomic E-state index is 12.3. The zero-order valence-corrected chi connectivity index (χ0v) is 16.9. The molecule has 2 aromatic carbocycles. The molecular formula is C23H24N4O3. The summed E-state index contributed by atoms with van der Waals surface area (Å²) in [6.45, 7) is 1.99. The molecule has 1 aliphatic heterocycles. The highest BCUT2D eigenvalue weighted by Gasteiger charge is 2.14. The van der Waals surface area contributed by atoms with Gasteiger partial charge < -0.3 is 19.7 Å². The smallest absolute Gasteiger partial charge is 0.262 e. The van der Waals surface area contributed by atoms with Crippen LogP contribution in [0.1, 0.15) is 12.8 Å². The molecule has 0 bridgehead atoms. The van der Waals surface area contributed by atoms with Crippen LogP contribution in [0, 0.1) is 0 Å². The number of aromatic nitrogens is 2. The van der Waals surface area contributed by atoms with Crippen LogP contribution in [-0.2, 0) is 4.79 Å². The molecule has 0 spiro atoms. The van der Waals surface area contributed by atoms with Crippen molar-refractivity contribution in [1.29, 1.82) is 0 Å². The fourth-order valence-corrected chi connectivity index (χ4v) is 3.37. The lowest BCUT2D eigenvalue weighted by Gasteiger charge is -2.15. The number of nitrogens with one attached hydrogen (secondary N) is 1. The normalized spacial score (nSPS) is 13.2. The SMILES string of the molecule is COc1ccc(OCC(=O)Nc2cccc(-c3ccc(N4CCCC4)nn3)c2)cc1. The summed E-state index contributed by atoms with van der Waals surface area (Å²) >= 11 is 0. The number of methoxy groups -OCH3 is 1. The highest BCUT2D eigenvalue weighted by molar-refractivity contribution is 5.92. The average Bonchev–Trinajstić information content (AvgIpc) is 3.33. The number of nitrogens with zero attached hydrogens (tertiary/aromatic N) is 3. The molecule has 3 aromatic rings. The molecular weight excluding hydrogens is 380 g/mol. The van der Waals surface area contributed by atoms with Gasteiger partial charge in [0, 0.05) is 24.3 Å². The molecule has 0 aliphatic carbocycles. The fourth-order valence-electron chi connectivity index (χ4n) is 3.37. The Morgan fingerprint density at radius 2 is 1.77 bits per heavy atom. The first-order chi connectivity index (χ1) is 14.7. The number of ether oxygens (including phenoxy) is 2. The molecule has 0 saturated carbocycles. The lowest BCUT2D eigenvalue weighted by molar-refractivity contribution is -0.118. The van der Waals surface area contributed by atoms with Crippen LogP contribution in [0.3, 0.4) is 0 Å². The van der Waals surface area contributed by atoms with E-state index < -0.39 is 0 Å². The third kappa shape index (κ3) is 4.86. The highest BCUT2D eigenvalue weighted by Crippen LogP contribution is 2.23. The van der Waals surface area contributed by atoms with E-state index >= 15 is 0 Å². The van der Waals surface area contributed by atoms with E-state index in [9.17, 15) is 4.79 Å². The predicted octanol–water partition coefficient (Wildman–Crippen LogP) is 3.77. The first-order valence-corrected chi connectivity index (χ1v) is 9.97. The fraction of sp³-hybridized carbons (Fsp3) is 0.261. The van der Waals surface area contributed by atoms with E-state index in [1.165, 1.54) is 12.8 Å². The van der Waals surface area contributed by atoms with E-state index in [0.29, 0.717) is 11.4 Å². The standard InChI is InChI=1S/C23H24N4O3/c1-29-19-7-9-20(10-8-19)30-16-23(28)24-18-6-4-5-17(15-18)21-11-12-22(26-25-21)27-13-2-3-14-27/h4-12,15H,2-3,13-14,16H2,1H3,(H,24,28). The van der Waals surface area contributed by atoms with Crippen molar-refractivity contribution in [3.8, 4) is 22.8 Å². The Labute approximate surface area is 175 Å². The second-order valence-electron chi connectivity index (χ2n) is 7.06. The third-order valence-electron chi connectivity index (χ3n) is 4.95. The van der Waals surface area contributed by atoms with Crippen molar-refractivity contribution in [2.45, 2.75) is 12.8 Å². The van der Waals surface area contributed by atoms with Gasteiger partial charge in [0.15, 0.2) is 12.4 Å². The van der Waals surface area contributed by atoms with Crippen LogP contribution in [0.15, 0.2) is 60.7 Å². The molecule has 7 heteroatoms. The van der Waals surface area contributed by atoms with Gasteiger partial charge in [-0.2, -0.15) is 0 Å². The minimum Gasteiger partial charge on any atom is -0.497 e. The molecule has 0 atom stereocenters. The largest absolute Gasteiger partial charge is 0.497 e. The van der Waals surface area contributed by atoms with E-state index in [4.69, 9.17) is 9.47 Å². The van der Waals surface area contributed by atoms with Crippen LogP contribution in [0.4, 0.5) is 11.5 Å². The van der Waals surface area contributed by atoms with Gasteiger partial charge in [-0.3, -0.25) is 4.79 Å². The molecule has 154 valence electrons. The zero-order valence-electron chi connectivity index (χ0n) is 16.9. The molecule has 1 aromatic heterocycles. The Kier molecular flexibility index (Phi) is 6.08. The summed E-state index contributed by atoms with van der Waals surface area (Å²) < 4.78 is 10.6. The summed E-state index contributed by atoms with van der Waals surface area (Å²) in [4.78, 5) is 14.5. The van der Waals surface area contributed by atoms with Gasteiger partial charge in [0.2, 0.25) is 0 Å². The van der Waals surface area contributed by atoms with Gasteiger partial charge in [-0.15, -0.1) is 10.2 Å². The average molecular weight is 404 g/mol. The van der Waals surface area contributed by atoms with Crippen LogP contribution in [-0.4, -0.2) is 42.9 Å². The van der Waals surface area contributed by atoms with Crippen LogP contribution >= 0.6 is 0 Å². The summed E-state index contributed by atoms with van der Waals surface area (Å²) in [7, 11) is 1.60. The van der Waals surface area contributed by atoms with Crippen molar-refractivity contribution >= 4 is 17.4 Å². The lowest BCUT2D eigenvalue weighted by atomic mass is 10.1. The molecule has 0 unspecified atom stereocenters. The number of hydrogen-bond donors (Lipinski definition) is 1. The minimum atomic E-state index is -0.238. The predicted molar refractivity (Wildman–Crippen MR) is 116 cm³/mol. The van der Waals surface area contributed by atoms with Crippen LogP contribution in [0.5, 0.6) is 11.5 Å². The van der Waals surface area contributed by atoms with E-state index in [2.05, 4.69) is 20.4 Å². The molecule has 1 saturated heterocycles. The Balaban J connectivity index is 1.36. The summed E-state index contributed by atoms with van der Waals surface area (Å²) in [5, 5.41) is 11.6. The van der Waals surface area contributed by atoms with Crippen molar-refractivity contribution in [2.75, 3.05) is 37.0 Å². The van der Waals surface area contributed by atoms with E-state index in [0.717, 1.165) is 35.9 Å². The monoisotopic (exact) mass is 404 g/mol. The second-order valence-corrected chi connectivity index (χ2v) is 7.06. The van der Waals surface area contributed by atoms with Gasteiger partial charge in [-0.05, 0) is 61.4 Å². The molecule has 1 fully saturated rings. The summed E-state index contributed by atoms with van der Waals surface area (Å²) in [6.07, 6.45) is 2.40. The molecule has 30 heavy (non-hydrogen) atoms. The van der Waals surface area contributed by atoms with Gasteiger partial charge in [-0.25, -0.2) is 0 Å². The Hall–Kier alpha value is -3.61. The molecule has 4 rings (SSSR count). The van der Waals surface area contributed by atoms with E-state index in [1.807, 2.05) is 36.4 Å². The highest BCUT2D eigenvalue weighted by atomic mass is 16.5. The number of amides is 1. The van der Waals surface area contributed by atoms with Crippen molar-refractivity contribution in [1.82, 2.24) is 10.2 Å². The topological polar surface area (TPSA) is 76.6 Å². The van der Waals surface area contributed by atoms with Gasteiger partial charge in [-0.1, -0.05) is 12.1 Å². The number of hydrogen-bond acceptors (Lipinski definition) is 6. The number of rotatable bonds is 7. The van der Waals surface area contributed by atoms with Crippen molar-refractivity contribution in [3.05, 3.63) is 60.7 Å². The van der Waals surface area contributed by atoms with Gasteiger partial charge in [0.1, 0.15) is 11.5 Å². The number of carbonyl (C=O) groups is 1. The quantitative estimate of drug-likeness (QED) is 0.646. The first-order valence-electron chi connectivity index (χ1n) is 9.97. The molecule has 1 aliphatic rings. The second kappa shape index (κ2) is 9.26. The first kappa shape index (κ1) is 19.7. The molecule has 7 nitrogen and oxygen atoms in total. The number of anilines is 2. The Bertz CT molecular complexity index is 984. The van der Waals surface area contributed by atoms with Crippen molar-refractivity contribution in [3.63, 3.8) is 0 Å². The van der Waals surface area contributed by atoms with E-state index in [1.54, 1.807) is 31.4 Å². The van der Waals surface area contributed by atoms with Crippen LogP contribution in [0.2, 0.25) is 0 Å². The summed E-state index contributed by atoms with van der Waals surface area (Å²) in [5.74, 6) is 2.02. The number of carbonyl (C=O) groups excluding carboxylic acids is 1. The van der Waals surface area contributed by atoms with Crippen molar-refractivity contribution < 1.29 is 14.3 Å². The molecule has 1 amide bonds. The molecule has 0 radical (unpaired) electrons. The number of benzene rings is 2. The minimum absolute atomic E-state index is 0.0824. The van der Waals surface area contributed by atoms with E-state index in [-0.39, 0.29) is 12.5 Å². The summed E-state index contributed by atoms with van der Waals surface area (Å²) in [6, 6.07) is 18.6. The van der Waals surface area contributed by atoms with Gasteiger partial charge in [0.25, 0.3) is 5.91 Å². The van der Waals surface area contributed by atoms with Crippen LogP contribution in [0.25, 0.3) is 11.3 Å². The Morgan fingerprint density at radius 1 is 1.00 bits per heavy atom. The van der Waals surface area contributed by atoms with Crippen molar-refractivity contribution in [2.24, 2.45) is 0 Å². The lowest BCUT2D eigenvalue weighted by Crippen LogP contribution is -2.20. The molecule has 2 heterocycles. The van der Waals surface area contributed by atoms with Gasteiger partial charge in [0.05, 0.1) is 12.8 Å². The zero-order chi connectivity index (χ0) is 20.8. The Morgan fingerprint density at radius 3 is 2.47 bits per heavy atom. The third-order valence-corrected chi connectivity index (χ3v) is 4.95. The maximum absolute atomic E-state index is 12.3. The van der Waals surface area contributed by atoms with Gasteiger partial charge >= 0.3 is 0 Å².